The van der Waals surface area contributed by atoms with Gasteiger partial charge < -0.3 is 14.5 Å². The molecule has 3 rings (SSSR count). The first-order chi connectivity index (χ1) is 12.8. The highest BCUT2D eigenvalue weighted by molar-refractivity contribution is 5.99. The smallest absolute Gasteiger partial charge is 0.355 e. The third-order valence-electron chi connectivity index (χ3n) is 5.66. The highest BCUT2D eigenvalue weighted by Crippen LogP contribution is 2.35. The third-order valence-corrected chi connectivity index (χ3v) is 5.66. The number of carbonyl (C=O) groups excluding carboxylic acids is 2. The first-order valence-corrected chi connectivity index (χ1v) is 9.33. The third kappa shape index (κ3) is 3.03. The standard InChI is InChI=1S/C21H26N2O4/c1-7-27-21(25)20-13(4)19-15(22-20)10-17-12(3)11(2)14(5)23(17)16(19)8-9-18(24)26-6/h10,14H,7-9H2,1-6H3/p+1. The Labute approximate surface area is 159 Å². The van der Waals surface area contributed by atoms with Gasteiger partial charge in [0.1, 0.15) is 5.69 Å². The molecule has 6 heteroatoms. The second kappa shape index (κ2) is 7.18. The Kier molecular flexibility index (Phi) is 5.09. The van der Waals surface area contributed by atoms with Crippen molar-refractivity contribution >= 4 is 28.4 Å². The van der Waals surface area contributed by atoms with Gasteiger partial charge in [-0.2, -0.15) is 4.57 Å². The van der Waals surface area contributed by atoms with E-state index in [1.165, 1.54) is 18.3 Å². The Morgan fingerprint density at radius 1 is 1.26 bits per heavy atom. The summed E-state index contributed by atoms with van der Waals surface area (Å²) in [5.74, 6) is -0.598. The summed E-state index contributed by atoms with van der Waals surface area (Å²) in [7, 11) is 1.40. The van der Waals surface area contributed by atoms with Gasteiger partial charge in [0, 0.05) is 30.6 Å². The van der Waals surface area contributed by atoms with E-state index in [2.05, 4.69) is 36.4 Å². The summed E-state index contributed by atoms with van der Waals surface area (Å²) in [5, 5.41) is 0.986. The molecule has 3 heterocycles. The van der Waals surface area contributed by atoms with Crippen LogP contribution in [0, 0.1) is 6.92 Å². The molecule has 0 aliphatic carbocycles. The molecule has 1 unspecified atom stereocenters. The van der Waals surface area contributed by atoms with E-state index in [1.807, 2.05) is 6.92 Å². The number of ether oxygens (including phenoxy) is 2. The second-order valence-corrected chi connectivity index (χ2v) is 7.04. The molecule has 2 aromatic rings. The van der Waals surface area contributed by atoms with Crippen molar-refractivity contribution in [2.75, 3.05) is 13.7 Å². The normalized spacial score (nSPS) is 16.0. The van der Waals surface area contributed by atoms with Crippen LogP contribution in [-0.4, -0.2) is 30.6 Å². The van der Waals surface area contributed by atoms with Gasteiger partial charge in [-0.3, -0.25) is 4.79 Å². The summed E-state index contributed by atoms with van der Waals surface area (Å²) in [5.41, 5.74) is 6.92. The van der Waals surface area contributed by atoms with Crippen LogP contribution in [-0.2, 0) is 20.7 Å². The Bertz CT molecular complexity index is 968. The van der Waals surface area contributed by atoms with E-state index >= 15 is 0 Å². The number of fused-ring (bicyclic) bond motifs is 2. The second-order valence-electron chi connectivity index (χ2n) is 7.04. The number of nitrogens with zero attached hydrogens (tertiary/aromatic N) is 1. The van der Waals surface area contributed by atoms with Crippen molar-refractivity contribution in [2.24, 2.45) is 0 Å². The van der Waals surface area contributed by atoms with Gasteiger partial charge in [0.25, 0.3) is 0 Å². The zero-order chi connectivity index (χ0) is 19.9. The number of hydrogen-bond acceptors (Lipinski definition) is 4. The minimum Gasteiger partial charge on any atom is -0.469 e. The SMILES string of the molecule is CCOC(=O)c1[nH]c2cc3[n+](c(CCC(=O)OC)c2c1C)C(C)C(C)=C3C. The number of nitrogens with one attached hydrogen (secondary N) is 1. The predicted octanol–water partition coefficient (Wildman–Crippen LogP) is 3.41. The van der Waals surface area contributed by atoms with Crippen LogP contribution in [0.2, 0.25) is 0 Å². The van der Waals surface area contributed by atoms with Crippen molar-refractivity contribution in [1.82, 2.24) is 4.98 Å². The molecule has 2 aromatic heterocycles. The van der Waals surface area contributed by atoms with Gasteiger partial charge in [0.15, 0.2) is 11.7 Å². The molecule has 0 fully saturated rings. The van der Waals surface area contributed by atoms with Crippen LogP contribution in [0.1, 0.15) is 67.6 Å². The number of H-pyrrole nitrogens is 1. The molecule has 27 heavy (non-hydrogen) atoms. The number of aromatic amines is 1. The summed E-state index contributed by atoms with van der Waals surface area (Å²) < 4.78 is 12.3. The zero-order valence-corrected chi connectivity index (χ0v) is 16.9. The molecule has 144 valence electrons. The Morgan fingerprint density at radius 3 is 2.59 bits per heavy atom. The number of esters is 2. The van der Waals surface area contributed by atoms with Gasteiger partial charge in [-0.15, -0.1) is 0 Å². The highest BCUT2D eigenvalue weighted by atomic mass is 16.5. The van der Waals surface area contributed by atoms with Crippen LogP contribution >= 0.6 is 0 Å². The van der Waals surface area contributed by atoms with Crippen LogP contribution in [0.3, 0.4) is 0 Å². The average molecular weight is 371 g/mol. The number of aryl methyl sites for hydroxylation is 2. The van der Waals surface area contributed by atoms with Crippen molar-refractivity contribution in [3.05, 3.63) is 34.3 Å². The van der Waals surface area contributed by atoms with Crippen molar-refractivity contribution in [3.8, 4) is 0 Å². The van der Waals surface area contributed by atoms with Crippen molar-refractivity contribution in [3.63, 3.8) is 0 Å². The van der Waals surface area contributed by atoms with Crippen LogP contribution in [0.25, 0.3) is 16.5 Å². The van der Waals surface area contributed by atoms with Crippen LogP contribution in [0.15, 0.2) is 11.6 Å². The molecule has 0 saturated carbocycles. The first kappa shape index (κ1) is 19.1. The predicted molar refractivity (Wildman–Crippen MR) is 103 cm³/mol. The van der Waals surface area contributed by atoms with Crippen molar-refractivity contribution in [2.45, 2.75) is 53.5 Å². The molecule has 0 radical (unpaired) electrons. The molecule has 0 aromatic carbocycles. The lowest BCUT2D eigenvalue weighted by molar-refractivity contribution is -0.713. The minimum atomic E-state index is -0.355. The quantitative estimate of drug-likeness (QED) is 0.646. The minimum absolute atomic E-state index is 0.206. The van der Waals surface area contributed by atoms with Gasteiger partial charge in [0.2, 0.25) is 5.69 Å². The Morgan fingerprint density at radius 2 is 1.96 bits per heavy atom. The lowest BCUT2D eigenvalue weighted by Gasteiger charge is -2.10. The van der Waals surface area contributed by atoms with E-state index < -0.39 is 0 Å². The maximum absolute atomic E-state index is 12.3. The fourth-order valence-corrected chi connectivity index (χ4v) is 3.99. The van der Waals surface area contributed by atoms with Crippen LogP contribution in [0.4, 0.5) is 0 Å². The molecule has 0 amide bonds. The summed E-state index contributed by atoms with van der Waals surface area (Å²) in [6.45, 7) is 10.5. The summed E-state index contributed by atoms with van der Waals surface area (Å²) in [6, 6.07) is 2.30. The number of hydrogen-bond donors (Lipinski definition) is 1. The summed E-state index contributed by atoms with van der Waals surface area (Å²) in [4.78, 5) is 27.4. The molecular formula is C21H27N2O4+. The van der Waals surface area contributed by atoms with Gasteiger partial charge in [-0.05, 0) is 33.3 Å². The molecule has 1 atom stereocenters. The van der Waals surface area contributed by atoms with E-state index in [9.17, 15) is 9.59 Å². The number of pyridine rings is 1. The van der Waals surface area contributed by atoms with E-state index in [0.717, 1.165) is 27.9 Å². The van der Waals surface area contributed by atoms with E-state index in [0.29, 0.717) is 25.1 Å². The number of aromatic nitrogens is 2. The highest BCUT2D eigenvalue weighted by Gasteiger charge is 2.37. The fourth-order valence-electron chi connectivity index (χ4n) is 3.99. The van der Waals surface area contributed by atoms with Crippen LogP contribution in [0.5, 0.6) is 0 Å². The molecule has 6 nitrogen and oxygen atoms in total. The van der Waals surface area contributed by atoms with E-state index in [-0.39, 0.29) is 18.0 Å². The Hall–Kier alpha value is -2.63. The molecule has 1 N–H and O–H groups in total. The molecule has 1 aliphatic rings. The Balaban J connectivity index is 2.25. The van der Waals surface area contributed by atoms with Gasteiger partial charge >= 0.3 is 11.9 Å². The largest absolute Gasteiger partial charge is 0.469 e. The monoisotopic (exact) mass is 371 g/mol. The van der Waals surface area contributed by atoms with E-state index in [4.69, 9.17) is 9.47 Å². The average Bonchev–Trinajstić information content (AvgIpc) is 3.09. The number of methoxy groups -OCH3 is 1. The summed E-state index contributed by atoms with van der Waals surface area (Å²) >= 11 is 0. The first-order valence-electron chi connectivity index (χ1n) is 9.33. The molecular weight excluding hydrogens is 344 g/mol. The van der Waals surface area contributed by atoms with Crippen molar-refractivity contribution < 1.29 is 23.6 Å². The summed E-state index contributed by atoms with van der Waals surface area (Å²) in [6.07, 6.45) is 0.835. The topological polar surface area (TPSA) is 72.3 Å². The lowest BCUT2D eigenvalue weighted by Crippen LogP contribution is -2.43. The van der Waals surface area contributed by atoms with E-state index in [1.54, 1.807) is 6.92 Å². The van der Waals surface area contributed by atoms with Gasteiger partial charge in [-0.1, -0.05) is 0 Å². The lowest BCUT2D eigenvalue weighted by atomic mass is 10.0. The van der Waals surface area contributed by atoms with Gasteiger partial charge in [0.05, 0.1) is 31.0 Å². The maximum atomic E-state index is 12.3. The van der Waals surface area contributed by atoms with Crippen LogP contribution < -0.4 is 4.57 Å². The van der Waals surface area contributed by atoms with Gasteiger partial charge in [-0.25, -0.2) is 4.79 Å². The zero-order valence-electron chi connectivity index (χ0n) is 16.9. The molecule has 0 saturated heterocycles. The fraction of sp³-hybridized carbons (Fsp3) is 0.476. The molecule has 0 bridgehead atoms. The maximum Gasteiger partial charge on any atom is 0.355 e. The van der Waals surface area contributed by atoms with Crippen molar-refractivity contribution in [1.29, 1.82) is 0 Å². The molecule has 0 spiro atoms. The molecule has 1 aliphatic heterocycles. The number of carbonyl (C=O) groups is 2. The number of allylic oxidation sites excluding steroid dienone is 2. The number of rotatable bonds is 5.